The molecule has 4 aromatic rings. The molecule has 1 aromatic heterocycles. The zero-order chi connectivity index (χ0) is 40.4. The lowest BCUT2D eigenvalue weighted by Gasteiger charge is -2.55. The van der Waals surface area contributed by atoms with Crippen LogP contribution in [0.2, 0.25) is 18.1 Å². The molecule has 0 saturated carbocycles. The van der Waals surface area contributed by atoms with E-state index >= 15 is 14.0 Å². The number of nitrogens with zero attached hydrogens (tertiary/aromatic N) is 2. The van der Waals surface area contributed by atoms with Gasteiger partial charge in [-0.1, -0.05) is 81.4 Å². The zero-order valence-electron chi connectivity index (χ0n) is 32.7. The Morgan fingerprint density at radius 2 is 1.61 bits per heavy atom. The Balaban J connectivity index is 1.33. The summed E-state index contributed by atoms with van der Waals surface area (Å²) in [5.41, 5.74) is -0.642. The van der Waals surface area contributed by atoms with Crippen LogP contribution in [-0.4, -0.2) is 60.0 Å². The second-order valence-electron chi connectivity index (χ2n) is 17.1. The molecule has 4 aliphatic rings. The van der Waals surface area contributed by atoms with E-state index in [1.807, 2.05) is 73.8 Å². The zero-order valence-corrected chi connectivity index (χ0v) is 35.3. The van der Waals surface area contributed by atoms with E-state index in [9.17, 15) is 9.90 Å². The Morgan fingerprint density at radius 1 is 1.00 bits per heavy atom. The van der Waals surface area contributed by atoms with Crippen molar-refractivity contribution in [3.05, 3.63) is 121 Å². The van der Waals surface area contributed by atoms with E-state index in [-0.39, 0.29) is 70.0 Å². The van der Waals surface area contributed by atoms with Crippen LogP contribution < -0.4 is 9.47 Å². The van der Waals surface area contributed by atoms with Gasteiger partial charge in [0.2, 0.25) is 5.78 Å². The van der Waals surface area contributed by atoms with Crippen molar-refractivity contribution in [3.8, 4) is 11.6 Å². The van der Waals surface area contributed by atoms with Gasteiger partial charge >= 0.3 is 0 Å². The molecule has 1 N–H and O–H groups in total. The third-order valence-electron chi connectivity index (χ3n) is 12.7. The molecule has 3 aromatic carbocycles. The van der Waals surface area contributed by atoms with Gasteiger partial charge in [0.25, 0.3) is 5.88 Å². The van der Waals surface area contributed by atoms with Crippen LogP contribution in [0.25, 0.3) is 0 Å². The Morgan fingerprint density at radius 3 is 2.21 bits per heavy atom. The summed E-state index contributed by atoms with van der Waals surface area (Å²) in [7, 11) is -2.96. The number of carbonyl (C=O) groups is 3. The number of hydrogen-bond donors (Lipinski definition) is 1. The topological polar surface area (TPSA) is 128 Å². The van der Waals surface area contributed by atoms with Crippen molar-refractivity contribution >= 4 is 42.1 Å². The van der Waals surface area contributed by atoms with E-state index in [0.29, 0.717) is 25.1 Å². The molecule has 1 aliphatic heterocycles. The Hall–Kier alpha value is -4.43. The van der Waals surface area contributed by atoms with Crippen LogP contribution >= 0.6 is 15.9 Å². The van der Waals surface area contributed by atoms with Gasteiger partial charge < -0.3 is 23.5 Å². The van der Waals surface area contributed by atoms with E-state index in [1.54, 1.807) is 0 Å². The predicted octanol–water partition coefficient (Wildman–Crippen LogP) is 9.53. The Labute approximate surface area is 340 Å². The van der Waals surface area contributed by atoms with Crippen LogP contribution in [-0.2, 0) is 24.1 Å². The summed E-state index contributed by atoms with van der Waals surface area (Å²) in [6.45, 7) is 11.7. The summed E-state index contributed by atoms with van der Waals surface area (Å²) in [5, 5.41) is 16.9. The maximum Gasteiger partial charge on any atom is 0.265 e. The maximum atomic E-state index is 16.5. The van der Waals surface area contributed by atoms with Crippen molar-refractivity contribution in [1.82, 2.24) is 10.1 Å². The number of aldehydes is 1. The second-order valence-corrected chi connectivity index (χ2v) is 22.6. The molecule has 13 heteroatoms. The van der Waals surface area contributed by atoms with Gasteiger partial charge in [0, 0.05) is 17.1 Å². The van der Waals surface area contributed by atoms with Gasteiger partial charge in [0.1, 0.15) is 36.1 Å². The fourth-order valence-corrected chi connectivity index (χ4v) is 10.9. The molecule has 4 atom stereocenters. The maximum absolute atomic E-state index is 16.5. The molecule has 298 valence electrons. The fourth-order valence-electron chi connectivity index (χ4n) is 8.84. The highest BCUT2D eigenvalue weighted by atomic mass is 79.9. The minimum Gasteiger partial charge on any atom is -0.508 e. The van der Waals surface area contributed by atoms with Crippen LogP contribution in [0, 0.1) is 17.7 Å². The van der Waals surface area contributed by atoms with Gasteiger partial charge in [-0.3, -0.25) is 19.3 Å². The lowest BCUT2D eigenvalue weighted by atomic mass is 9.58. The third kappa shape index (κ3) is 6.41. The summed E-state index contributed by atoms with van der Waals surface area (Å²) in [5.74, 6) is -3.73. The number of benzene rings is 3. The highest BCUT2D eigenvalue weighted by Crippen LogP contribution is 2.60. The average Bonchev–Trinajstić information content (AvgIpc) is 3.87. The van der Waals surface area contributed by atoms with Crippen LogP contribution in [0.4, 0.5) is 4.39 Å². The molecule has 3 aliphatic carbocycles. The molecule has 0 radical (unpaired) electrons. The smallest absolute Gasteiger partial charge is 0.265 e. The van der Waals surface area contributed by atoms with E-state index in [0.717, 1.165) is 24.0 Å². The largest absolute Gasteiger partial charge is 0.508 e. The van der Waals surface area contributed by atoms with Crippen molar-refractivity contribution in [2.75, 3.05) is 13.1 Å². The Bertz CT molecular complexity index is 2280. The van der Waals surface area contributed by atoms with Gasteiger partial charge in [-0.25, -0.2) is 4.39 Å². The highest BCUT2D eigenvalue weighted by molar-refractivity contribution is 9.10. The quantitative estimate of drug-likeness (QED) is 0.122. The molecule has 0 unspecified atom stereocenters. The van der Waals surface area contributed by atoms with Crippen LogP contribution in [0.1, 0.15) is 99.6 Å². The fraction of sp³-hybridized carbons (Fsp3) is 0.409. The number of halogens is 2. The lowest BCUT2D eigenvalue weighted by Crippen LogP contribution is -2.65. The van der Waals surface area contributed by atoms with Gasteiger partial charge in [-0.05, 0) is 95.0 Å². The molecule has 0 spiro atoms. The minimum absolute atomic E-state index is 0.00495. The van der Waals surface area contributed by atoms with Crippen LogP contribution in [0.5, 0.6) is 11.6 Å². The second kappa shape index (κ2) is 14.7. The number of Topliss-reactive ketones (excluding diaryl/α,β-unsaturated/α-hetero) is 2. The third-order valence-corrected chi connectivity index (χ3v) is 17.9. The monoisotopic (exact) mass is 856 g/mol. The first-order chi connectivity index (χ1) is 27.2. The van der Waals surface area contributed by atoms with E-state index in [1.165, 1.54) is 0 Å². The van der Waals surface area contributed by atoms with Crippen molar-refractivity contribution in [1.29, 1.82) is 0 Å². The number of hydrogen-bond acceptors (Lipinski definition) is 10. The molecule has 0 bridgehead atoms. The van der Waals surface area contributed by atoms with Crippen LogP contribution in [0.15, 0.2) is 81.0 Å². The first kappa shape index (κ1) is 39.4. The molecular weight excluding hydrogens is 811 g/mol. The molecule has 10 nitrogen and oxygen atoms in total. The van der Waals surface area contributed by atoms with Crippen molar-refractivity contribution in [2.24, 2.45) is 11.8 Å². The van der Waals surface area contributed by atoms with Crippen molar-refractivity contribution in [3.63, 3.8) is 0 Å². The normalized spacial score (nSPS) is 23.5. The summed E-state index contributed by atoms with van der Waals surface area (Å²) in [6, 6.07) is 18.2. The van der Waals surface area contributed by atoms with Gasteiger partial charge in [0.15, 0.2) is 31.7 Å². The average molecular weight is 858 g/mol. The number of ether oxygens (including phenoxy) is 2. The lowest BCUT2D eigenvalue weighted by molar-refractivity contribution is -0.0523. The number of fused-ring (bicyclic) bond motifs is 4. The number of aromatic nitrogens is 1. The minimum atomic E-state index is -2.96. The molecule has 0 amide bonds. The highest BCUT2D eigenvalue weighted by Gasteiger charge is 2.68. The van der Waals surface area contributed by atoms with Gasteiger partial charge in [-0.15, -0.1) is 0 Å². The summed E-state index contributed by atoms with van der Waals surface area (Å²) < 4.78 is 42.3. The summed E-state index contributed by atoms with van der Waals surface area (Å²) in [4.78, 5) is 45.4. The van der Waals surface area contributed by atoms with Crippen molar-refractivity contribution in [2.45, 2.75) is 89.4 Å². The molecule has 1 fully saturated rings. The SMILES string of the molecule is CC(C)(C)[Si](C)(C)O[C@@]12C(=O)c3c(OCc4ccccc4)noc3[C@@H](N3CCCC3)[C@@H]1C[C@@H]1Cc3c(F)c(C=O)c(Br)c(OCc4ccccc4)c3C(=O)C1=C2O. The molecule has 2 heterocycles. The number of carbonyl (C=O) groups excluding carboxylic acids is 3. The van der Waals surface area contributed by atoms with E-state index in [2.05, 4.69) is 46.8 Å². The number of likely N-dealkylation sites (tertiary alicyclic amines) is 1. The predicted molar refractivity (Wildman–Crippen MR) is 216 cm³/mol. The molecular formula is C44H46BrFN2O8Si. The standard InChI is InChI=1S/C44H46BrFN2O8Si/c1-43(2,3)57(4,5)56-44-30(36(48-18-12-13-19-48)39-33(41(44)52)42(47-55-39)54-24-26-16-10-7-11-17-26)21-27-20-28-32(37(50)31(27)40(44)51)38(34(45)29(22-49)35(28)46)53-23-25-14-8-6-9-15-25/h6-11,14-17,22,27,30,36,51H,12-13,18-21,23-24H2,1-5H3/t27-,30-,36-,44-/m0/s1. The van der Waals surface area contributed by atoms with Gasteiger partial charge in [0.05, 0.1) is 21.6 Å². The first-order valence-electron chi connectivity index (χ1n) is 19.5. The Kier molecular flexibility index (Phi) is 10.2. The number of aliphatic hydroxyl groups is 1. The van der Waals surface area contributed by atoms with E-state index < -0.39 is 60.0 Å². The van der Waals surface area contributed by atoms with E-state index in [4.69, 9.17) is 18.4 Å². The number of rotatable bonds is 10. The summed E-state index contributed by atoms with van der Waals surface area (Å²) in [6.07, 6.45) is 2.39. The number of aliphatic hydroxyl groups excluding tert-OH is 1. The van der Waals surface area contributed by atoms with Gasteiger partial charge in [-0.2, -0.15) is 0 Å². The number of ketones is 2. The molecule has 57 heavy (non-hydrogen) atoms. The number of allylic oxidation sites excluding steroid dienone is 1. The summed E-state index contributed by atoms with van der Waals surface area (Å²) >= 11 is 3.37. The first-order valence-corrected chi connectivity index (χ1v) is 23.2. The molecule has 1 saturated heterocycles. The van der Waals surface area contributed by atoms with Crippen molar-refractivity contribution < 1.29 is 42.3 Å². The van der Waals surface area contributed by atoms with Crippen LogP contribution in [0.3, 0.4) is 0 Å². The molecule has 8 rings (SSSR count).